The minimum Gasteiger partial charge on any atom is -0.494 e. The van der Waals surface area contributed by atoms with Gasteiger partial charge in [0.2, 0.25) is 0 Å². The lowest BCUT2D eigenvalue weighted by Gasteiger charge is -2.11. The molecule has 4 rings (SSSR count). The first-order valence-corrected chi connectivity index (χ1v) is 11.4. The smallest absolute Gasteiger partial charge is 0.251 e. The van der Waals surface area contributed by atoms with Crippen molar-refractivity contribution in [2.75, 3.05) is 27.9 Å². The van der Waals surface area contributed by atoms with E-state index in [0.29, 0.717) is 28.5 Å². The van der Waals surface area contributed by atoms with E-state index in [1.807, 2.05) is 17.5 Å². The molecule has 4 aromatic rings. The second kappa shape index (κ2) is 9.93. The van der Waals surface area contributed by atoms with Crippen molar-refractivity contribution in [3.8, 4) is 28.5 Å². The molecule has 0 radical (unpaired) electrons. The maximum absolute atomic E-state index is 12.9. The number of ether oxygens (including phenoxy) is 3. The number of aryl methyl sites for hydroxylation is 1. The molecule has 2 heterocycles. The highest BCUT2D eigenvalue weighted by Crippen LogP contribution is 2.38. The molecule has 0 saturated heterocycles. The highest BCUT2D eigenvalue weighted by atomic mass is 32.1. The standard InChI is InChI=1S/C26H24N2O5S/c1-15-6-5-7-17-18(14-34-25(15)17)24-22(32-3)11-9-19(28-24)20(29)13-27-26(30)16-8-10-21(31-2)23(12-16)33-4/h5-12,14H,13H2,1-4H3,(H,27,30). The summed E-state index contributed by atoms with van der Waals surface area (Å²) in [5, 5.41) is 5.73. The third-order valence-corrected chi connectivity index (χ3v) is 6.60. The van der Waals surface area contributed by atoms with Crippen LogP contribution in [-0.4, -0.2) is 44.5 Å². The number of nitrogens with zero attached hydrogens (tertiary/aromatic N) is 1. The number of thiophene rings is 1. The zero-order valence-corrected chi connectivity index (χ0v) is 20.1. The number of benzene rings is 2. The normalized spacial score (nSPS) is 10.7. The first-order valence-electron chi connectivity index (χ1n) is 10.5. The molecule has 34 heavy (non-hydrogen) atoms. The number of ketones is 1. The average Bonchev–Trinajstić information content (AvgIpc) is 3.31. The second-order valence-corrected chi connectivity index (χ2v) is 8.40. The van der Waals surface area contributed by atoms with Crippen molar-refractivity contribution in [2.24, 2.45) is 0 Å². The number of carbonyl (C=O) groups is 2. The Kier molecular flexibility index (Phi) is 6.79. The largest absolute Gasteiger partial charge is 0.494 e. The molecular formula is C26H24N2O5S. The van der Waals surface area contributed by atoms with Crippen molar-refractivity contribution < 1.29 is 23.8 Å². The van der Waals surface area contributed by atoms with Crippen molar-refractivity contribution >= 4 is 33.1 Å². The molecule has 0 atom stereocenters. The average molecular weight is 477 g/mol. The summed E-state index contributed by atoms with van der Waals surface area (Å²) in [4.78, 5) is 30.1. The summed E-state index contributed by atoms with van der Waals surface area (Å²) < 4.78 is 17.1. The number of hydrogen-bond acceptors (Lipinski definition) is 7. The third-order valence-electron chi connectivity index (χ3n) is 5.47. The topological polar surface area (TPSA) is 86.8 Å². The van der Waals surface area contributed by atoms with Crippen LogP contribution in [0.15, 0.2) is 53.9 Å². The fraction of sp³-hybridized carbons (Fsp3) is 0.192. The Bertz CT molecular complexity index is 1380. The number of rotatable bonds is 8. The van der Waals surface area contributed by atoms with Crippen LogP contribution >= 0.6 is 11.3 Å². The third kappa shape index (κ3) is 4.45. The van der Waals surface area contributed by atoms with E-state index in [2.05, 4.69) is 23.3 Å². The number of carbonyl (C=O) groups excluding carboxylic acids is 2. The summed E-state index contributed by atoms with van der Waals surface area (Å²) >= 11 is 1.63. The number of nitrogens with one attached hydrogen (secondary N) is 1. The van der Waals surface area contributed by atoms with Gasteiger partial charge in [0.1, 0.15) is 17.1 Å². The lowest BCUT2D eigenvalue weighted by atomic mass is 10.1. The maximum Gasteiger partial charge on any atom is 0.251 e. The maximum atomic E-state index is 12.9. The van der Waals surface area contributed by atoms with Crippen LogP contribution in [0, 0.1) is 6.92 Å². The molecule has 0 bridgehead atoms. The van der Waals surface area contributed by atoms with Gasteiger partial charge in [0.05, 0.1) is 27.9 Å². The molecule has 0 spiro atoms. The van der Waals surface area contributed by atoms with Crippen LogP contribution in [0.3, 0.4) is 0 Å². The van der Waals surface area contributed by atoms with Crippen LogP contribution in [0.25, 0.3) is 21.3 Å². The lowest BCUT2D eigenvalue weighted by molar-refractivity contribution is 0.0902. The summed E-state index contributed by atoms with van der Waals surface area (Å²) in [7, 11) is 4.59. The van der Waals surface area contributed by atoms with Gasteiger partial charge < -0.3 is 19.5 Å². The number of aromatic nitrogens is 1. The van der Waals surface area contributed by atoms with Gasteiger partial charge in [-0.1, -0.05) is 18.2 Å². The number of Topliss-reactive ketones (excluding diaryl/α,β-unsaturated/α-hetero) is 1. The van der Waals surface area contributed by atoms with Gasteiger partial charge in [-0.2, -0.15) is 0 Å². The molecule has 8 heteroatoms. The van der Waals surface area contributed by atoms with E-state index >= 15 is 0 Å². The molecule has 2 aromatic heterocycles. The minimum absolute atomic E-state index is 0.199. The van der Waals surface area contributed by atoms with Gasteiger partial charge >= 0.3 is 0 Å². The molecular weight excluding hydrogens is 452 g/mol. The molecule has 0 unspecified atom stereocenters. The number of pyridine rings is 1. The number of fused-ring (bicyclic) bond motifs is 1. The number of amides is 1. The van der Waals surface area contributed by atoms with E-state index < -0.39 is 5.91 Å². The van der Waals surface area contributed by atoms with Gasteiger partial charge in [0, 0.05) is 26.6 Å². The quantitative estimate of drug-likeness (QED) is 0.364. The summed E-state index contributed by atoms with van der Waals surface area (Å²) in [6.45, 7) is 1.86. The highest BCUT2D eigenvalue weighted by Gasteiger charge is 2.18. The minimum atomic E-state index is -0.401. The van der Waals surface area contributed by atoms with Crippen molar-refractivity contribution in [3.63, 3.8) is 0 Å². The molecule has 7 nitrogen and oxygen atoms in total. The zero-order valence-electron chi connectivity index (χ0n) is 19.3. The van der Waals surface area contributed by atoms with E-state index in [1.165, 1.54) is 24.5 Å². The molecule has 1 amide bonds. The Morgan fingerprint density at radius 3 is 2.41 bits per heavy atom. The van der Waals surface area contributed by atoms with Crippen LogP contribution in [0.2, 0.25) is 0 Å². The predicted octanol–water partition coefficient (Wildman–Crippen LogP) is 4.91. The van der Waals surface area contributed by atoms with E-state index in [4.69, 9.17) is 14.2 Å². The SMILES string of the molecule is COc1ccc(C(=O)NCC(=O)c2ccc(OC)c(-c3csc4c(C)cccc34)n2)cc1OC. The monoisotopic (exact) mass is 476 g/mol. The molecule has 2 aromatic carbocycles. The van der Waals surface area contributed by atoms with E-state index in [9.17, 15) is 9.59 Å². The molecule has 174 valence electrons. The Morgan fingerprint density at radius 2 is 1.68 bits per heavy atom. The summed E-state index contributed by atoms with van der Waals surface area (Å²) in [6.07, 6.45) is 0. The first kappa shape index (κ1) is 23.3. The van der Waals surface area contributed by atoms with Gasteiger partial charge in [0.25, 0.3) is 5.91 Å². The van der Waals surface area contributed by atoms with Crippen molar-refractivity contribution in [3.05, 3.63) is 70.7 Å². The van der Waals surface area contributed by atoms with Crippen LogP contribution in [0.4, 0.5) is 0 Å². The van der Waals surface area contributed by atoms with E-state index in [1.54, 1.807) is 48.8 Å². The molecule has 0 aliphatic rings. The van der Waals surface area contributed by atoms with Gasteiger partial charge in [-0.25, -0.2) is 4.98 Å². The molecule has 0 saturated carbocycles. The van der Waals surface area contributed by atoms with Crippen molar-refractivity contribution in [1.82, 2.24) is 10.3 Å². The van der Waals surface area contributed by atoms with Crippen LogP contribution in [-0.2, 0) is 0 Å². The molecule has 1 N–H and O–H groups in total. The first-order chi connectivity index (χ1) is 16.5. The molecule has 0 aliphatic carbocycles. The fourth-order valence-electron chi connectivity index (χ4n) is 3.68. The van der Waals surface area contributed by atoms with Crippen LogP contribution in [0.1, 0.15) is 26.4 Å². The number of hydrogen-bond donors (Lipinski definition) is 1. The Hall–Kier alpha value is -3.91. The zero-order chi connectivity index (χ0) is 24.2. The van der Waals surface area contributed by atoms with Crippen LogP contribution in [0.5, 0.6) is 17.2 Å². The highest BCUT2D eigenvalue weighted by molar-refractivity contribution is 7.18. The summed E-state index contributed by atoms with van der Waals surface area (Å²) in [5.41, 5.74) is 3.28. The van der Waals surface area contributed by atoms with Gasteiger partial charge in [0.15, 0.2) is 17.3 Å². The second-order valence-electron chi connectivity index (χ2n) is 7.52. The lowest BCUT2D eigenvalue weighted by Crippen LogP contribution is -2.30. The Labute approximate surface area is 201 Å². The summed E-state index contributed by atoms with van der Waals surface area (Å²) in [5.74, 6) is 0.810. The van der Waals surface area contributed by atoms with Gasteiger partial charge in [-0.3, -0.25) is 9.59 Å². The predicted molar refractivity (Wildman–Crippen MR) is 133 cm³/mol. The van der Waals surface area contributed by atoms with E-state index in [0.717, 1.165) is 10.9 Å². The fourth-order valence-corrected chi connectivity index (χ4v) is 4.71. The summed E-state index contributed by atoms with van der Waals surface area (Å²) in [6, 6.07) is 14.2. The van der Waals surface area contributed by atoms with E-state index in [-0.39, 0.29) is 18.0 Å². The Balaban J connectivity index is 1.56. The number of methoxy groups -OCH3 is 3. The van der Waals surface area contributed by atoms with Crippen molar-refractivity contribution in [2.45, 2.75) is 6.92 Å². The van der Waals surface area contributed by atoms with Crippen LogP contribution < -0.4 is 19.5 Å². The Morgan fingerprint density at radius 1 is 0.941 bits per heavy atom. The van der Waals surface area contributed by atoms with Gasteiger partial charge in [-0.15, -0.1) is 11.3 Å². The molecule has 0 aliphatic heterocycles. The van der Waals surface area contributed by atoms with Gasteiger partial charge in [-0.05, 0) is 42.8 Å². The molecule has 0 fully saturated rings. The van der Waals surface area contributed by atoms with Crippen molar-refractivity contribution in [1.29, 1.82) is 0 Å².